The number of hydrogen-bond donors (Lipinski definition) is 1. The van der Waals surface area contributed by atoms with Crippen molar-refractivity contribution < 1.29 is 19.1 Å². The predicted octanol–water partition coefficient (Wildman–Crippen LogP) is 3.54. The van der Waals surface area contributed by atoms with E-state index in [9.17, 15) is 9.59 Å². The molecule has 3 rings (SSSR count). The van der Waals surface area contributed by atoms with Gasteiger partial charge in [0.25, 0.3) is 0 Å². The Morgan fingerprint density at radius 1 is 1.29 bits per heavy atom. The molecular weight excluding hydrogens is 376 g/mol. The van der Waals surface area contributed by atoms with Crippen LogP contribution in [-0.2, 0) is 20.8 Å². The number of nitrogens with one attached hydrogen (secondary N) is 1. The number of thiophene rings is 1. The van der Waals surface area contributed by atoms with Crippen LogP contribution >= 0.6 is 11.3 Å². The highest BCUT2D eigenvalue weighted by Crippen LogP contribution is 2.17. The van der Waals surface area contributed by atoms with Crippen molar-refractivity contribution >= 4 is 28.9 Å². The molecule has 1 saturated heterocycles. The molecule has 0 saturated carbocycles. The Labute approximate surface area is 169 Å². The van der Waals surface area contributed by atoms with Crippen LogP contribution in [0.15, 0.2) is 41.8 Å². The molecular formula is C21H26N2O4S. The van der Waals surface area contributed by atoms with Crippen molar-refractivity contribution in [1.29, 1.82) is 0 Å². The molecule has 6 nitrogen and oxygen atoms in total. The summed E-state index contributed by atoms with van der Waals surface area (Å²) in [5.74, 6) is -0.447. The number of benzene rings is 1. The summed E-state index contributed by atoms with van der Waals surface area (Å²) in [6.07, 6.45) is 2.31. The average molecular weight is 403 g/mol. The van der Waals surface area contributed by atoms with Crippen LogP contribution in [0.3, 0.4) is 0 Å². The van der Waals surface area contributed by atoms with Crippen molar-refractivity contribution in [1.82, 2.24) is 4.90 Å². The summed E-state index contributed by atoms with van der Waals surface area (Å²) in [6, 6.07) is 10.9. The van der Waals surface area contributed by atoms with Crippen LogP contribution in [-0.4, -0.2) is 49.2 Å². The largest absolute Gasteiger partial charge is 0.462 e. The van der Waals surface area contributed by atoms with E-state index < -0.39 is 0 Å². The minimum atomic E-state index is -0.362. The van der Waals surface area contributed by atoms with E-state index in [1.54, 1.807) is 42.5 Å². The minimum Gasteiger partial charge on any atom is -0.462 e. The van der Waals surface area contributed by atoms with Crippen LogP contribution in [0.2, 0.25) is 0 Å². The normalized spacial score (nSPS) is 16.3. The van der Waals surface area contributed by atoms with Gasteiger partial charge in [-0.3, -0.25) is 9.69 Å². The van der Waals surface area contributed by atoms with Crippen LogP contribution in [0.5, 0.6) is 0 Å². The highest BCUT2D eigenvalue weighted by Gasteiger charge is 2.21. The molecule has 0 radical (unpaired) electrons. The van der Waals surface area contributed by atoms with E-state index in [-0.39, 0.29) is 24.5 Å². The van der Waals surface area contributed by atoms with Crippen LogP contribution < -0.4 is 5.32 Å². The lowest BCUT2D eigenvalue weighted by Gasteiger charge is -2.24. The quantitative estimate of drug-likeness (QED) is 0.650. The van der Waals surface area contributed by atoms with Crippen molar-refractivity contribution in [2.24, 2.45) is 0 Å². The molecule has 0 bridgehead atoms. The van der Waals surface area contributed by atoms with Crippen molar-refractivity contribution in [3.05, 3.63) is 52.2 Å². The van der Waals surface area contributed by atoms with Gasteiger partial charge < -0.3 is 14.8 Å². The van der Waals surface area contributed by atoms with Crippen LogP contribution in [0.25, 0.3) is 0 Å². The molecule has 1 atom stereocenters. The first-order chi connectivity index (χ1) is 13.6. The fraction of sp³-hybridized carbons (Fsp3) is 0.429. The van der Waals surface area contributed by atoms with E-state index in [4.69, 9.17) is 9.47 Å². The fourth-order valence-electron chi connectivity index (χ4n) is 3.19. The number of carbonyl (C=O) groups excluding carboxylic acids is 2. The summed E-state index contributed by atoms with van der Waals surface area (Å²) in [5.41, 5.74) is 1.13. The SMILES string of the molecule is CCOC(=O)c1ccc(NC(=O)CN(Cc2cccs2)C[C@@H]2CCCO2)cc1. The first kappa shape index (κ1) is 20.5. The molecule has 150 valence electrons. The molecule has 1 N–H and O–H groups in total. The first-order valence-corrected chi connectivity index (χ1v) is 10.5. The zero-order chi connectivity index (χ0) is 19.8. The molecule has 1 amide bonds. The fourth-order valence-corrected chi connectivity index (χ4v) is 3.94. The van der Waals surface area contributed by atoms with Crippen LogP contribution in [0.4, 0.5) is 5.69 Å². The maximum absolute atomic E-state index is 12.6. The molecule has 1 aliphatic heterocycles. The van der Waals surface area contributed by atoms with E-state index in [0.29, 0.717) is 17.9 Å². The van der Waals surface area contributed by atoms with E-state index >= 15 is 0 Å². The van der Waals surface area contributed by atoms with Gasteiger partial charge >= 0.3 is 5.97 Å². The second kappa shape index (κ2) is 10.4. The number of esters is 1. The molecule has 28 heavy (non-hydrogen) atoms. The first-order valence-electron chi connectivity index (χ1n) is 9.57. The Balaban J connectivity index is 1.56. The van der Waals surface area contributed by atoms with Crippen molar-refractivity contribution in [2.45, 2.75) is 32.4 Å². The Morgan fingerprint density at radius 2 is 2.11 bits per heavy atom. The third-order valence-corrected chi connectivity index (χ3v) is 5.35. The Bertz CT molecular complexity index is 755. The molecule has 1 fully saturated rings. The lowest BCUT2D eigenvalue weighted by Crippen LogP contribution is -2.37. The third kappa shape index (κ3) is 6.15. The Hall–Kier alpha value is -2.22. The number of ether oxygens (including phenoxy) is 2. The molecule has 0 aliphatic carbocycles. The van der Waals surface area contributed by atoms with Gasteiger partial charge in [0, 0.05) is 30.3 Å². The Kier molecular flexibility index (Phi) is 7.59. The van der Waals surface area contributed by atoms with Crippen molar-refractivity contribution in [3.63, 3.8) is 0 Å². The summed E-state index contributed by atoms with van der Waals surface area (Å²) in [4.78, 5) is 27.6. The number of anilines is 1. The number of hydrogen-bond acceptors (Lipinski definition) is 6. The van der Waals surface area contributed by atoms with E-state index in [1.807, 2.05) is 11.4 Å². The van der Waals surface area contributed by atoms with E-state index in [2.05, 4.69) is 16.3 Å². The highest BCUT2D eigenvalue weighted by molar-refractivity contribution is 7.09. The smallest absolute Gasteiger partial charge is 0.338 e. The van der Waals surface area contributed by atoms with Gasteiger partial charge in [-0.25, -0.2) is 4.79 Å². The molecule has 7 heteroatoms. The summed E-state index contributed by atoms with van der Waals surface area (Å²) >= 11 is 1.69. The summed E-state index contributed by atoms with van der Waals surface area (Å²) in [6.45, 7) is 4.67. The van der Waals surface area contributed by atoms with Gasteiger partial charge in [-0.15, -0.1) is 11.3 Å². The topological polar surface area (TPSA) is 67.9 Å². The summed E-state index contributed by atoms with van der Waals surface area (Å²) in [7, 11) is 0. The molecule has 0 spiro atoms. The van der Waals surface area contributed by atoms with E-state index in [1.165, 1.54) is 4.88 Å². The van der Waals surface area contributed by atoms with E-state index in [0.717, 1.165) is 32.5 Å². The molecule has 2 aromatic rings. The molecule has 2 heterocycles. The van der Waals surface area contributed by atoms with Crippen LogP contribution in [0, 0.1) is 0 Å². The predicted molar refractivity (Wildman–Crippen MR) is 110 cm³/mol. The number of rotatable bonds is 9. The van der Waals surface area contributed by atoms with Gasteiger partial charge in [0.2, 0.25) is 5.91 Å². The second-order valence-corrected chi connectivity index (χ2v) is 7.76. The van der Waals surface area contributed by atoms with Gasteiger partial charge in [-0.05, 0) is 55.5 Å². The zero-order valence-electron chi connectivity index (χ0n) is 16.1. The molecule has 1 aliphatic rings. The molecule has 1 aromatic heterocycles. The summed E-state index contributed by atoms with van der Waals surface area (Å²) < 4.78 is 10.7. The number of nitrogens with zero attached hydrogens (tertiary/aromatic N) is 1. The van der Waals surface area contributed by atoms with Crippen molar-refractivity contribution in [3.8, 4) is 0 Å². The standard InChI is InChI=1S/C21H26N2O4S/c1-2-26-21(25)16-7-9-17(10-8-16)22-20(24)15-23(13-18-5-3-11-27-18)14-19-6-4-12-28-19/h4,6-10,12,18H,2-3,5,11,13-15H2,1H3,(H,22,24)/t18-/m0/s1. The molecule has 0 unspecified atom stereocenters. The monoisotopic (exact) mass is 402 g/mol. The zero-order valence-corrected chi connectivity index (χ0v) is 16.9. The maximum Gasteiger partial charge on any atom is 0.338 e. The number of amides is 1. The lowest BCUT2D eigenvalue weighted by atomic mass is 10.2. The van der Waals surface area contributed by atoms with Crippen molar-refractivity contribution in [2.75, 3.05) is 31.6 Å². The van der Waals surface area contributed by atoms with Gasteiger partial charge in [-0.2, -0.15) is 0 Å². The lowest BCUT2D eigenvalue weighted by molar-refractivity contribution is -0.117. The minimum absolute atomic E-state index is 0.0848. The number of carbonyl (C=O) groups is 2. The Morgan fingerprint density at radius 3 is 2.75 bits per heavy atom. The van der Waals surface area contributed by atoms with Crippen LogP contribution in [0.1, 0.15) is 35.0 Å². The van der Waals surface area contributed by atoms with Gasteiger partial charge in [0.05, 0.1) is 24.8 Å². The highest BCUT2D eigenvalue weighted by atomic mass is 32.1. The second-order valence-electron chi connectivity index (χ2n) is 6.73. The van der Waals surface area contributed by atoms with Gasteiger partial charge in [-0.1, -0.05) is 6.07 Å². The molecule has 1 aromatic carbocycles. The summed E-state index contributed by atoms with van der Waals surface area (Å²) in [5, 5.41) is 4.95. The van der Waals surface area contributed by atoms with Gasteiger partial charge in [0.15, 0.2) is 0 Å². The third-order valence-electron chi connectivity index (χ3n) is 4.49. The maximum atomic E-state index is 12.6. The van der Waals surface area contributed by atoms with Gasteiger partial charge in [0.1, 0.15) is 0 Å². The average Bonchev–Trinajstić information content (AvgIpc) is 3.36.